The molecule has 0 bridgehead atoms. The van der Waals surface area contributed by atoms with Gasteiger partial charge in [-0.2, -0.15) is 0 Å². The van der Waals surface area contributed by atoms with Crippen LogP contribution >= 0.6 is 0 Å². The minimum absolute atomic E-state index is 0.143. The first-order chi connectivity index (χ1) is 10.2. The predicted octanol–water partition coefficient (Wildman–Crippen LogP) is 4.04. The van der Waals surface area contributed by atoms with Gasteiger partial charge in [-0.25, -0.2) is 4.79 Å². The molecule has 0 saturated carbocycles. The molecule has 0 radical (unpaired) electrons. The summed E-state index contributed by atoms with van der Waals surface area (Å²) in [4.78, 5) is 11.4. The van der Waals surface area contributed by atoms with Crippen LogP contribution in [0.15, 0.2) is 60.7 Å². The van der Waals surface area contributed by atoms with Crippen LogP contribution in [0.2, 0.25) is 0 Å². The number of carboxylic acid groups (broad SMARTS) is 1. The van der Waals surface area contributed by atoms with Gasteiger partial charge in [0.1, 0.15) is 17.1 Å². The number of para-hydroxylation sites is 1. The van der Waals surface area contributed by atoms with Gasteiger partial charge in [0.2, 0.25) is 0 Å². The van der Waals surface area contributed by atoms with Crippen molar-refractivity contribution in [2.24, 2.45) is 0 Å². The van der Waals surface area contributed by atoms with Crippen LogP contribution in [0.4, 0.5) is 0 Å². The lowest BCUT2D eigenvalue weighted by molar-refractivity contribution is 0.0691. The van der Waals surface area contributed by atoms with Crippen molar-refractivity contribution in [1.82, 2.24) is 0 Å². The average molecular weight is 280 g/mol. The fourth-order valence-electron chi connectivity index (χ4n) is 2.22. The number of rotatable bonds is 3. The van der Waals surface area contributed by atoms with E-state index in [4.69, 9.17) is 4.74 Å². The highest BCUT2D eigenvalue weighted by Crippen LogP contribution is 2.38. The molecule has 0 aliphatic heterocycles. The Kier molecular flexibility index (Phi) is 3.20. The van der Waals surface area contributed by atoms with E-state index in [1.807, 2.05) is 12.1 Å². The summed E-state index contributed by atoms with van der Waals surface area (Å²) in [5.41, 5.74) is -0.238. The van der Waals surface area contributed by atoms with Crippen molar-refractivity contribution in [3.05, 3.63) is 66.2 Å². The third kappa shape index (κ3) is 2.39. The number of carboxylic acids is 1. The Hall–Kier alpha value is -3.01. The molecule has 21 heavy (non-hydrogen) atoms. The van der Waals surface area contributed by atoms with E-state index in [9.17, 15) is 15.0 Å². The van der Waals surface area contributed by atoms with Crippen LogP contribution in [-0.2, 0) is 0 Å². The molecule has 0 amide bonds. The fraction of sp³-hybridized carbons (Fsp3) is 0. The summed E-state index contributed by atoms with van der Waals surface area (Å²) in [6.45, 7) is 0. The van der Waals surface area contributed by atoms with E-state index < -0.39 is 5.97 Å². The summed E-state index contributed by atoms with van der Waals surface area (Å²) < 4.78 is 5.72. The standard InChI is InChI=1S/C17H12O4/c18-14-10-11-6-4-5-9-13(11)16(15(14)17(19)20)21-12-7-2-1-3-8-12/h1-10,18H,(H,19,20). The molecule has 4 nitrogen and oxygen atoms in total. The Morgan fingerprint density at radius 2 is 1.62 bits per heavy atom. The van der Waals surface area contributed by atoms with Crippen molar-refractivity contribution in [3.63, 3.8) is 0 Å². The number of aromatic carboxylic acids is 1. The van der Waals surface area contributed by atoms with E-state index in [0.717, 1.165) is 0 Å². The molecule has 0 saturated heterocycles. The molecule has 2 N–H and O–H groups in total. The minimum Gasteiger partial charge on any atom is -0.507 e. The molecule has 0 aromatic heterocycles. The molecular formula is C17H12O4. The van der Waals surface area contributed by atoms with Crippen LogP contribution in [0, 0.1) is 0 Å². The van der Waals surface area contributed by atoms with Crippen LogP contribution in [0.25, 0.3) is 10.8 Å². The monoisotopic (exact) mass is 280 g/mol. The third-order valence-corrected chi connectivity index (χ3v) is 3.16. The molecule has 104 valence electrons. The molecule has 3 rings (SSSR count). The molecule has 3 aromatic carbocycles. The number of ether oxygens (including phenoxy) is 1. The molecule has 0 heterocycles. The summed E-state index contributed by atoms with van der Waals surface area (Å²) in [7, 11) is 0. The van der Waals surface area contributed by atoms with Crippen molar-refractivity contribution in [3.8, 4) is 17.2 Å². The maximum atomic E-state index is 11.4. The van der Waals surface area contributed by atoms with Gasteiger partial charge < -0.3 is 14.9 Å². The van der Waals surface area contributed by atoms with E-state index in [1.54, 1.807) is 42.5 Å². The van der Waals surface area contributed by atoms with Gasteiger partial charge in [-0.1, -0.05) is 42.5 Å². The highest BCUT2D eigenvalue weighted by Gasteiger charge is 2.20. The quantitative estimate of drug-likeness (QED) is 0.760. The second-order valence-electron chi connectivity index (χ2n) is 4.54. The normalized spacial score (nSPS) is 10.5. The zero-order valence-corrected chi connectivity index (χ0v) is 11.0. The van der Waals surface area contributed by atoms with Crippen molar-refractivity contribution in [2.45, 2.75) is 0 Å². The van der Waals surface area contributed by atoms with Gasteiger partial charge in [-0.15, -0.1) is 0 Å². The van der Waals surface area contributed by atoms with E-state index in [2.05, 4.69) is 0 Å². The lowest BCUT2D eigenvalue weighted by Gasteiger charge is -2.13. The van der Waals surface area contributed by atoms with Gasteiger partial charge >= 0.3 is 5.97 Å². The molecule has 0 atom stereocenters. The fourth-order valence-corrected chi connectivity index (χ4v) is 2.22. The molecule has 0 aliphatic rings. The smallest absolute Gasteiger partial charge is 0.343 e. The summed E-state index contributed by atoms with van der Waals surface area (Å²) in [5.74, 6) is -0.892. The first kappa shape index (κ1) is 13.0. The van der Waals surface area contributed by atoms with Gasteiger partial charge in [0, 0.05) is 5.39 Å². The highest BCUT2D eigenvalue weighted by atomic mass is 16.5. The Morgan fingerprint density at radius 3 is 2.33 bits per heavy atom. The van der Waals surface area contributed by atoms with Crippen LogP contribution in [0.5, 0.6) is 17.2 Å². The lowest BCUT2D eigenvalue weighted by atomic mass is 10.0. The Labute approximate surface area is 120 Å². The van der Waals surface area contributed by atoms with Gasteiger partial charge in [-0.05, 0) is 23.6 Å². The number of aromatic hydroxyl groups is 1. The largest absolute Gasteiger partial charge is 0.507 e. The van der Waals surface area contributed by atoms with Crippen LogP contribution < -0.4 is 4.74 Å². The topological polar surface area (TPSA) is 66.8 Å². The zero-order valence-electron chi connectivity index (χ0n) is 11.0. The van der Waals surface area contributed by atoms with Gasteiger partial charge in [-0.3, -0.25) is 0 Å². The van der Waals surface area contributed by atoms with Crippen LogP contribution in [-0.4, -0.2) is 16.2 Å². The summed E-state index contributed by atoms with van der Waals surface area (Å²) >= 11 is 0. The van der Waals surface area contributed by atoms with Crippen LogP contribution in [0.1, 0.15) is 10.4 Å². The minimum atomic E-state index is -1.23. The number of phenols is 1. The molecule has 0 spiro atoms. The van der Waals surface area contributed by atoms with E-state index in [1.165, 1.54) is 6.07 Å². The number of fused-ring (bicyclic) bond motifs is 1. The molecule has 3 aromatic rings. The Bertz CT molecular complexity index is 810. The van der Waals surface area contributed by atoms with Crippen molar-refractivity contribution in [2.75, 3.05) is 0 Å². The van der Waals surface area contributed by atoms with Crippen LogP contribution in [0.3, 0.4) is 0 Å². The lowest BCUT2D eigenvalue weighted by Crippen LogP contribution is -2.01. The van der Waals surface area contributed by atoms with E-state index in [0.29, 0.717) is 16.5 Å². The molecule has 4 heteroatoms. The van der Waals surface area contributed by atoms with Crippen molar-refractivity contribution >= 4 is 16.7 Å². The third-order valence-electron chi connectivity index (χ3n) is 3.16. The zero-order chi connectivity index (χ0) is 14.8. The maximum absolute atomic E-state index is 11.4. The summed E-state index contributed by atoms with van der Waals surface area (Å²) in [6.07, 6.45) is 0. The summed E-state index contributed by atoms with van der Waals surface area (Å²) in [6, 6.07) is 17.5. The average Bonchev–Trinajstić information content (AvgIpc) is 2.47. The SMILES string of the molecule is O=C(O)c1c(O)cc2ccccc2c1Oc1ccccc1. The molecular weight excluding hydrogens is 268 g/mol. The first-order valence-corrected chi connectivity index (χ1v) is 6.37. The van der Waals surface area contributed by atoms with Crippen molar-refractivity contribution < 1.29 is 19.7 Å². The van der Waals surface area contributed by atoms with Crippen molar-refractivity contribution in [1.29, 1.82) is 0 Å². The number of benzene rings is 3. The second-order valence-corrected chi connectivity index (χ2v) is 4.54. The molecule has 0 unspecified atom stereocenters. The molecule has 0 aliphatic carbocycles. The summed E-state index contributed by atoms with van der Waals surface area (Å²) in [5, 5.41) is 20.7. The number of hydrogen-bond acceptors (Lipinski definition) is 3. The number of carbonyl (C=O) groups is 1. The van der Waals surface area contributed by atoms with Gasteiger partial charge in [0.05, 0.1) is 0 Å². The molecule has 0 fully saturated rings. The Morgan fingerprint density at radius 1 is 0.952 bits per heavy atom. The maximum Gasteiger partial charge on any atom is 0.343 e. The first-order valence-electron chi connectivity index (χ1n) is 6.37. The highest BCUT2D eigenvalue weighted by molar-refractivity contribution is 6.03. The van der Waals surface area contributed by atoms with E-state index >= 15 is 0 Å². The van der Waals surface area contributed by atoms with E-state index in [-0.39, 0.29) is 17.1 Å². The van der Waals surface area contributed by atoms with Gasteiger partial charge in [0.15, 0.2) is 5.75 Å². The number of hydrogen-bond donors (Lipinski definition) is 2. The second kappa shape index (κ2) is 5.17. The van der Waals surface area contributed by atoms with Gasteiger partial charge in [0.25, 0.3) is 0 Å². The predicted molar refractivity (Wildman–Crippen MR) is 79.1 cm³/mol. The Balaban J connectivity index is 2.26.